The lowest BCUT2D eigenvalue weighted by molar-refractivity contribution is 0.102. The van der Waals surface area contributed by atoms with Crippen molar-refractivity contribution < 1.29 is 22.7 Å². The van der Waals surface area contributed by atoms with Crippen molar-refractivity contribution in [2.45, 2.75) is 6.42 Å². The first-order chi connectivity index (χ1) is 12.3. The number of carbonyl (C=O) groups is 1. The highest BCUT2D eigenvalue weighted by atomic mass is 32.2. The van der Waals surface area contributed by atoms with E-state index >= 15 is 0 Å². The maximum Gasteiger partial charge on any atom is 0.263 e. The van der Waals surface area contributed by atoms with Crippen molar-refractivity contribution in [2.75, 3.05) is 36.6 Å². The number of fused-ring (bicyclic) bond motifs is 1. The van der Waals surface area contributed by atoms with Crippen LogP contribution >= 0.6 is 0 Å². The van der Waals surface area contributed by atoms with Crippen LogP contribution in [0, 0.1) is 0 Å². The predicted octanol–water partition coefficient (Wildman–Crippen LogP) is 2.28. The first-order valence-corrected chi connectivity index (χ1v) is 9.83. The molecule has 0 fully saturated rings. The van der Waals surface area contributed by atoms with Crippen LogP contribution < -0.4 is 19.1 Å². The maximum absolute atomic E-state index is 12.7. The molecule has 0 saturated carbocycles. The minimum Gasteiger partial charge on any atom is -0.496 e. The van der Waals surface area contributed by atoms with Crippen LogP contribution in [0.2, 0.25) is 0 Å². The number of benzene rings is 2. The van der Waals surface area contributed by atoms with Gasteiger partial charge in [-0.2, -0.15) is 0 Å². The van der Waals surface area contributed by atoms with Gasteiger partial charge in [-0.15, -0.1) is 0 Å². The Morgan fingerprint density at radius 3 is 2.35 bits per heavy atom. The molecule has 1 amide bonds. The zero-order valence-corrected chi connectivity index (χ0v) is 15.6. The minimum absolute atomic E-state index is 0.276. The zero-order chi connectivity index (χ0) is 18.9. The van der Waals surface area contributed by atoms with Gasteiger partial charge in [0.05, 0.1) is 26.2 Å². The Hall–Kier alpha value is -2.74. The van der Waals surface area contributed by atoms with Crippen LogP contribution in [0.1, 0.15) is 15.9 Å². The highest BCUT2D eigenvalue weighted by molar-refractivity contribution is 7.92. The molecule has 1 aliphatic rings. The lowest BCUT2D eigenvalue weighted by Crippen LogP contribution is -2.27. The van der Waals surface area contributed by atoms with Crippen LogP contribution in [-0.2, 0) is 16.4 Å². The quantitative estimate of drug-likeness (QED) is 0.865. The van der Waals surface area contributed by atoms with Crippen molar-refractivity contribution in [1.82, 2.24) is 0 Å². The summed E-state index contributed by atoms with van der Waals surface area (Å²) in [5.41, 5.74) is 2.30. The minimum atomic E-state index is -3.35. The first-order valence-electron chi connectivity index (χ1n) is 7.98. The monoisotopic (exact) mass is 376 g/mol. The van der Waals surface area contributed by atoms with Gasteiger partial charge in [-0.05, 0) is 36.2 Å². The second-order valence-corrected chi connectivity index (χ2v) is 7.83. The fraction of sp³-hybridized carbons (Fsp3) is 0.278. The molecule has 0 unspecified atom stereocenters. The van der Waals surface area contributed by atoms with E-state index < -0.39 is 15.9 Å². The van der Waals surface area contributed by atoms with Crippen molar-refractivity contribution in [2.24, 2.45) is 0 Å². The summed E-state index contributed by atoms with van der Waals surface area (Å²) in [6.07, 6.45) is 1.82. The molecule has 0 radical (unpaired) electrons. The summed E-state index contributed by atoms with van der Waals surface area (Å²) >= 11 is 0. The number of hydrogen-bond acceptors (Lipinski definition) is 5. The van der Waals surface area contributed by atoms with Gasteiger partial charge >= 0.3 is 0 Å². The SMILES string of the molecule is COc1cccc(OC)c1C(=O)Nc1ccc2c(c1)N(S(C)(=O)=O)CC2. The van der Waals surface area contributed by atoms with Crippen LogP contribution in [0.4, 0.5) is 11.4 Å². The molecule has 2 aromatic rings. The number of anilines is 2. The Balaban J connectivity index is 1.93. The number of amides is 1. The van der Waals surface area contributed by atoms with E-state index in [0.717, 1.165) is 5.56 Å². The third-order valence-corrected chi connectivity index (χ3v) is 5.43. The Labute approximate surface area is 152 Å². The molecular formula is C18H20N2O5S. The average Bonchev–Trinajstić information content (AvgIpc) is 3.04. The summed E-state index contributed by atoms with van der Waals surface area (Å²) in [6.45, 7) is 0.409. The van der Waals surface area contributed by atoms with E-state index in [1.54, 1.807) is 30.3 Å². The summed E-state index contributed by atoms with van der Waals surface area (Å²) in [6, 6.07) is 10.3. The van der Waals surface area contributed by atoms with E-state index in [4.69, 9.17) is 9.47 Å². The fourth-order valence-electron chi connectivity index (χ4n) is 3.04. The van der Waals surface area contributed by atoms with Crippen LogP contribution in [0.3, 0.4) is 0 Å². The molecule has 0 bridgehead atoms. The number of carbonyl (C=O) groups excluding carboxylic acids is 1. The van der Waals surface area contributed by atoms with Gasteiger partial charge in [-0.1, -0.05) is 12.1 Å². The molecule has 0 saturated heterocycles. The molecular weight excluding hydrogens is 356 g/mol. The molecule has 2 aromatic carbocycles. The van der Waals surface area contributed by atoms with Crippen molar-refractivity contribution in [1.29, 1.82) is 0 Å². The van der Waals surface area contributed by atoms with Gasteiger partial charge in [-0.3, -0.25) is 9.10 Å². The van der Waals surface area contributed by atoms with E-state index in [-0.39, 0.29) is 5.56 Å². The van der Waals surface area contributed by atoms with Crippen molar-refractivity contribution >= 4 is 27.3 Å². The zero-order valence-electron chi connectivity index (χ0n) is 14.8. The highest BCUT2D eigenvalue weighted by Gasteiger charge is 2.27. The number of ether oxygens (including phenoxy) is 2. The summed E-state index contributed by atoms with van der Waals surface area (Å²) < 4.78 is 35.7. The number of nitrogens with one attached hydrogen (secondary N) is 1. The molecule has 26 heavy (non-hydrogen) atoms. The molecule has 8 heteroatoms. The van der Waals surface area contributed by atoms with E-state index in [1.165, 1.54) is 24.8 Å². The normalized spacial score (nSPS) is 13.3. The Bertz CT molecular complexity index is 934. The van der Waals surface area contributed by atoms with Gasteiger partial charge in [0.15, 0.2) is 0 Å². The van der Waals surface area contributed by atoms with Crippen LogP contribution in [0.5, 0.6) is 11.5 Å². The Morgan fingerprint density at radius 2 is 1.77 bits per heavy atom. The molecule has 3 rings (SSSR count). The Kier molecular flexibility index (Phi) is 4.78. The number of nitrogens with zero attached hydrogens (tertiary/aromatic N) is 1. The smallest absolute Gasteiger partial charge is 0.263 e. The van der Waals surface area contributed by atoms with E-state index in [9.17, 15) is 13.2 Å². The number of hydrogen-bond donors (Lipinski definition) is 1. The van der Waals surface area contributed by atoms with Gasteiger partial charge in [0.2, 0.25) is 10.0 Å². The first kappa shape index (κ1) is 18.1. The summed E-state index contributed by atoms with van der Waals surface area (Å²) in [4.78, 5) is 12.7. The average molecular weight is 376 g/mol. The number of rotatable bonds is 5. The van der Waals surface area contributed by atoms with Crippen LogP contribution in [0.25, 0.3) is 0 Å². The lowest BCUT2D eigenvalue weighted by Gasteiger charge is -2.18. The van der Waals surface area contributed by atoms with Crippen molar-refractivity contribution in [3.8, 4) is 11.5 Å². The number of methoxy groups -OCH3 is 2. The van der Waals surface area contributed by atoms with E-state index in [2.05, 4.69) is 5.32 Å². The molecule has 0 spiro atoms. The van der Waals surface area contributed by atoms with E-state index in [1.807, 2.05) is 6.07 Å². The second kappa shape index (κ2) is 6.87. The molecule has 1 aliphatic heterocycles. The summed E-state index contributed by atoms with van der Waals surface area (Å²) in [5, 5.41) is 2.79. The van der Waals surface area contributed by atoms with Gasteiger partial charge in [-0.25, -0.2) is 8.42 Å². The second-order valence-electron chi connectivity index (χ2n) is 5.92. The van der Waals surface area contributed by atoms with Gasteiger partial charge in [0.25, 0.3) is 5.91 Å². The van der Waals surface area contributed by atoms with Crippen molar-refractivity contribution in [3.05, 3.63) is 47.5 Å². The third-order valence-electron chi connectivity index (χ3n) is 4.25. The van der Waals surface area contributed by atoms with Gasteiger partial charge < -0.3 is 14.8 Å². The van der Waals surface area contributed by atoms with E-state index in [0.29, 0.717) is 35.8 Å². The maximum atomic E-state index is 12.7. The number of sulfonamides is 1. The topological polar surface area (TPSA) is 84.9 Å². The molecule has 1 heterocycles. The summed E-state index contributed by atoms with van der Waals surface area (Å²) in [5.74, 6) is 0.379. The van der Waals surface area contributed by atoms with Crippen LogP contribution in [0.15, 0.2) is 36.4 Å². The van der Waals surface area contributed by atoms with Gasteiger partial charge in [0, 0.05) is 12.2 Å². The standard InChI is InChI=1S/C18H20N2O5S/c1-24-15-5-4-6-16(25-2)17(15)18(21)19-13-8-7-12-9-10-20(14(12)11-13)26(3,22)23/h4-8,11H,9-10H2,1-3H3,(H,19,21). The lowest BCUT2D eigenvalue weighted by atomic mass is 10.1. The molecule has 138 valence electrons. The fourth-order valence-corrected chi connectivity index (χ4v) is 3.99. The molecule has 0 atom stereocenters. The Morgan fingerprint density at radius 1 is 1.12 bits per heavy atom. The summed E-state index contributed by atoms with van der Waals surface area (Å²) in [7, 11) is -0.400. The highest BCUT2D eigenvalue weighted by Crippen LogP contribution is 2.34. The predicted molar refractivity (Wildman–Crippen MR) is 99.8 cm³/mol. The largest absolute Gasteiger partial charge is 0.496 e. The molecule has 1 N–H and O–H groups in total. The molecule has 0 aliphatic carbocycles. The molecule has 7 nitrogen and oxygen atoms in total. The van der Waals surface area contributed by atoms with Crippen molar-refractivity contribution in [3.63, 3.8) is 0 Å². The van der Waals surface area contributed by atoms with Crippen LogP contribution in [-0.4, -0.2) is 41.3 Å². The third kappa shape index (κ3) is 3.32. The van der Waals surface area contributed by atoms with Gasteiger partial charge in [0.1, 0.15) is 17.1 Å². The molecule has 0 aromatic heterocycles.